The number of amides is 2. The number of ketones is 1. The highest BCUT2D eigenvalue weighted by atomic mass is 19.2. The Morgan fingerprint density at radius 1 is 1.03 bits per heavy atom. The van der Waals surface area contributed by atoms with Crippen molar-refractivity contribution < 1.29 is 32.5 Å². The van der Waals surface area contributed by atoms with Gasteiger partial charge in [-0.1, -0.05) is 12.1 Å². The number of carbonyl (C=O) groups excluding carboxylic acids is 3. The van der Waals surface area contributed by atoms with Crippen LogP contribution in [0, 0.1) is 17.5 Å². The number of halogens is 3. The highest BCUT2D eigenvalue weighted by molar-refractivity contribution is 5.98. The lowest BCUT2D eigenvalue weighted by Crippen LogP contribution is -3.14. The van der Waals surface area contributed by atoms with Crippen LogP contribution in [0.25, 0.3) is 0 Å². The number of anilines is 2. The average Bonchev–Trinajstić information content (AvgIpc) is 2.67. The molecule has 9 heteroatoms. The molecule has 0 radical (unpaired) electrons. The van der Waals surface area contributed by atoms with E-state index in [4.69, 9.17) is 0 Å². The summed E-state index contributed by atoms with van der Waals surface area (Å²) >= 11 is 0. The summed E-state index contributed by atoms with van der Waals surface area (Å²) in [6.07, 6.45) is 0. The molecule has 0 bridgehead atoms. The molecule has 0 fully saturated rings. The van der Waals surface area contributed by atoms with Gasteiger partial charge in [0.2, 0.25) is 0 Å². The van der Waals surface area contributed by atoms with Crippen LogP contribution in [-0.4, -0.2) is 37.2 Å². The molecule has 2 amide bonds. The molecule has 0 heterocycles. The molecule has 2 atom stereocenters. The van der Waals surface area contributed by atoms with Crippen LogP contribution in [0.5, 0.6) is 0 Å². The highest BCUT2D eigenvalue weighted by Gasteiger charge is 2.25. The van der Waals surface area contributed by atoms with Gasteiger partial charge in [0.05, 0.1) is 12.7 Å². The zero-order chi connectivity index (χ0) is 21.7. The number of nitrogens with one attached hydrogen (secondary N) is 3. The summed E-state index contributed by atoms with van der Waals surface area (Å²) in [6, 6.07) is 7.38. The average molecular weight is 408 g/mol. The topological polar surface area (TPSA) is 79.7 Å². The van der Waals surface area contributed by atoms with Gasteiger partial charge in [-0.15, -0.1) is 0 Å². The Labute approximate surface area is 165 Å². The lowest BCUT2D eigenvalue weighted by molar-refractivity contribution is -0.885. The molecule has 2 aromatic rings. The fourth-order valence-electron chi connectivity index (χ4n) is 2.51. The Morgan fingerprint density at radius 3 is 2.38 bits per heavy atom. The molecular weight excluding hydrogens is 387 g/mol. The van der Waals surface area contributed by atoms with E-state index in [0.717, 1.165) is 6.07 Å². The van der Waals surface area contributed by atoms with E-state index in [9.17, 15) is 27.6 Å². The maximum absolute atomic E-state index is 13.7. The van der Waals surface area contributed by atoms with Gasteiger partial charge in [0.25, 0.3) is 11.8 Å². The molecule has 6 nitrogen and oxygen atoms in total. The summed E-state index contributed by atoms with van der Waals surface area (Å²) in [5, 5.41) is 4.83. The monoisotopic (exact) mass is 408 g/mol. The molecule has 0 saturated heterocycles. The van der Waals surface area contributed by atoms with Gasteiger partial charge in [-0.25, -0.2) is 13.2 Å². The Kier molecular flexibility index (Phi) is 7.11. The van der Waals surface area contributed by atoms with Gasteiger partial charge in [0, 0.05) is 11.3 Å². The number of likely N-dealkylation sites (N-methyl/N-ethyl adjacent to an activating group) is 1. The summed E-state index contributed by atoms with van der Waals surface area (Å²) in [7, 11) is 1.58. The van der Waals surface area contributed by atoms with E-state index >= 15 is 0 Å². The molecule has 2 aromatic carbocycles. The number of hydrogen-bond acceptors (Lipinski definition) is 3. The number of rotatable bonds is 7. The molecule has 1 unspecified atom stereocenters. The van der Waals surface area contributed by atoms with Crippen molar-refractivity contribution in [2.75, 3.05) is 24.2 Å². The van der Waals surface area contributed by atoms with Crippen LogP contribution in [0.3, 0.4) is 0 Å². The maximum Gasteiger partial charge on any atom is 0.282 e. The van der Waals surface area contributed by atoms with E-state index in [0.29, 0.717) is 22.2 Å². The van der Waals surface area contributed by atoms with Gasteiger partial charge in [0.15, 0.2) is 35.8 Å². The molecule has 0 aliphatic rings. The van der Waals surface area contributed by atoms with Crippen LogP contribution in [0.2, 0.25) is 0 Å². The van der Waals surface area contributed by atoms with E-state index in [1.165, 1.54) is 6.92 Å². The van der Waals surface area contributed by atoms with Crippen molar-refractivity contribution in [2.45, 2.75) is 19.9 Å². The molecule has 0 spiro atoms. The molecule has 154 valence electrons. The van der Waals surface area contributed by atoms with E-state index in [-0.39, 0.29) is 12.3 Å². The summed E-state index contributed by atoms with van der Waals surface area (Å²) in [5.41, 5.74) is 0.402. The first-order valence-corrected chi connectivity index (χ1v) is 8.77. The number of quaternary nitrogens is 1. The molecule has 0 aliphatic carbocycles. The van der Waals surface area contributed by atoms with Gasteiger partial charge in [-0.05, 0) is 38.1 Å². The predicted octanol–water partition coefficient (Wildman–Crippen LogP) is 1.79. The molecular formula is C20H21F3N3O3+. The van der Waals surface area contributed by atoms with Crippen molar-refractivity contribution in [2.24, 2.45) is 0 Å². The van der Waals surface area contributed by atoms with E-state index in [1.807, 2.05) is 0 Å². The zero-order valence-corrected chi connectivity index (χ0v) is 16.1. The van der Waals surface area contributed by atoms with Crippen molar-refractivity contribution in [3.63, 3.8) is 0 Å². The predicted molar refractivity (Wildman–Crippen MR) is 101 cm³/mol. The molecule has 0 saturated carbocycles. The van der Waals surface area contributed by atoms with Crippen molar-refractivity contribution in [3.05, 3.63) is 59.4 Å². The van der Waals surface area contributed by atoms with Gasteiger partial charge in [0.1, 0.15) is 0 Å². The van der Waals surface area contributed by atoms with Gasteiger partial charge >= 0.3 is 0 Å². The summed E-state index contributed by atoms with van der Waals surface area (Å²) < 4.78 is 39.9. The molecule has 3 N–H and O–H groups in total. The largest absolute Gasteiger partial charge is 0.321 e. The second-order valence-electron chi connectivity index (χ2n) is 6.64. The Hall–Kier alpha value is -3.20. The Balaban J connectivity index is 1.97. The van der Waals surface area contributed by atoms with Crippen LogP contribution >= 0.6 is 0 Å². The number of hydrogen-bond donors (Lipinski definition) is 3. The molecule has 0 aliphatic heterocycles. The van der Waals surface area contributed by atoms with Gasteiger partial charge < -0.3 is 15.5 Å². The first-order valence-electron chi connectivity index (χ1n) is 8.77. The minimum absolute atomic E-state index is 0.141. The van der Waals surface area contributed by atoms with Crippen molar-refractivity contribution >= 4 is 29.0 Å². The first-order chi connectivity index (χ1) is 13.6. The molecule has 2 rings (SSSR count). The Bertz CT molecular complexity index is 950. The second-order valence-corrected chi connectivity index (χ2v) is 6.64. The smallest absolute Gasteiger partial charge is 0.282 e. The van der Waals surface area contributed by atoms with E-state index in [1.54, 1.807) is 38.2 Å². The Morgan fingerprint density at radius 2 is 1.72 bits per heavy atom. The summed E-state index contributed by atoms with van der Waals surface area (Å²) in [5.74, 6) is -5.74. The van der Waals surface area contributed by atoms with Crippen LogP contribution in [0.15, 0.2) is 36.4 Å². The summed E-state index contributed by atoms with van der Waals surface area (Å²) in [4.78, 5) is 36.4. The third kappa shape index (κ3) is 5.64. The minimum atomic E-state index is -1.68. The van der Waals surface area contributed by atoms with Gasteiger partial charge in [-0.3, -0.25) is 14.4 Å². The van der Waals surface area contributed by atoms with E-state index in [2.05, 4.69) is 10.6 Å². The standard InChI is InChI=1S/C20H20F3N3O3/c1-11(20(29)24-14-6-4-5-13(9-14)12(2)27)26(3)10-17(28)25-16-8-7-15(21)18(22)19(16)23/h4-9,11H,10H2,1-3H3,(H,24,29)(H,25,28)/p+1/t11-/m0/s1. The second kappa shape index (κ2) is 9.33. The third-order valence-electron chi connectivity index (χ3n) is 4.42. The van der Waals surface area contributed by atoms with E-state index < -0.39 is 41.0 Å². The normalized spacial score (nSPS) is 12.8. The fraction of sp³-hybridized carbons (Fsp3) is 0.250. The van der Waals surface area contributed by atoms with Crippen molar-refractivity contribution in [1.82, 2.24) is 0 Å². The maximum atomic E-state index is 13.7. The SMILES string of the molecule is CC(=O)c1cccc(NC(=O)[C@H](C)[NH+](C)CC(=O)Nc2ccc(F)c(F)c2F)c1. The quantitative estimate of drug-likeness (QED) is 0.483. The van der Waals surface area contributed by atoms with Crippen LogP contribution in [0.1, 0.15) is 24.2 Å². The highest BCUT2D eigenvalue weighted by Crippen LogP contribution is 2.19. The summed E-state index contributed by atoms with van der Waals surface area (Å²) in [6.45, 7) is 2.78. The number of benzene rings is 2. The lowest BCUT2D eigenvalue weighted by Gasteiger charge is -2.21. The lowest BCUT2D eigenvalue weighted by atomic mass is 10.1. The zero-order valence-electron chi connectivity index (χ0n) is 16.1. The van der Waals surface area contributed by atoms with Crippen molar-refractivity contribution in [3.8, 4) is 0 Å². The first kappa shape index (κ1) is 22.1. The van der Waals surface area contributed by atoms with Crippen LogP contribution in [0.4, 0.5) is 24.5 Å². The minimum Gasteiger partial charge on any atom is -0.321 e. The third-order valence-corrected chi connectivity index (χ3v) is 4.42. The van der Waals surface area contributed by atoms with Crippen LogP contribution < -0.4 is 15.5 Å². The van der Waals surface area contributed by atoms with Gasteiger partial charge in [-0.2, -0.15) is 0 Å². The number of carbonyl (C=O) groups is 3. The number of Topliss-reactive ketones (excluding diaryl/α,β-unsaturated/α-hetero) is 1. The fourth-order valence-corrected chi connectivity index (χ4v) is 2.51. The molecule has 0 aromatic heterocycles. The molecule has 29 heavy (non-hydrogen) atoms. The van der Waals surface area contributed by atoms with Crippen molar-refractivity contribution in [1.29, 1.82) is 0 Å². The van der Waals surface area contributed by atoms with Crippen LogP contribution in [-0.2, 0) is 9.59 Å².